The summed E-state index contributed by atoms with van der Waals surface area (Å²) in [7, 11) is 0. The maximum atomic E-state index is 6.31. The van der Waals surface area contributed by atoms with E-state index in [9.17, 15) is 0 Å². The minimum Gasteiger partial charge on any atom is -0.456 e. The minimum absolute atomic E-state index is 0.103. The molecule has 5 nitrogen and oxygen atoms in total. The molecule has 3 aromatic heterocycles. The van der Waals surface area contributed by atoms with Gasteiger partial charge in [-0.05, 0) is 59.7 Å². The summed E-state index contributed by atoms with van der Waals surface area (Å²) in [4.78, 5) is 10.7. The first-order chi connectivity index (χ1) is 25.2. The van der Waals surface area contributed by atoms with E-state index >= 15 is 0 Å². The average Bonchev–Trinajstić information content (AvgIpc) is 3.87. The van der Waals surface area contributed by atoms with Crippen LogP contribution in [0.5, 0.6) is 0 Å². The van der Waals surface area contributed by atoms with Gasteiger partial charge in [-0.15, -0.1) is 0 Å². The highest BCUT2D eigenvalue weighted by atomic mass is 16.3. The van der Waals surface area contributed by atoms with Crippen molar-refractivity contribution >= 4 is 61.5 Å². The standard InChI is InChI=1S/C46H32N4O/c1-2-40-45(36-21-10-13-23-42(36)50(40)32-17-7-4-8-18-32)37-29-49(41-22-12-9-19-33(37)41)46-47-38(30-15-5-3-6-16-30)28-39(48-46)31-25-26-35-34-20-11-14-24-43(34)51-44(35)27-31/h2-27,29,38H,1,28H2. The molecule has 0 radical (unpaired) electrons. The van der Waals surface area contributed by atoms with E-state index in [1.807, 2.05) is 18.2 Å². The SMILES string of the molecule is C=Cc1c(-c2cn(C3=NC(c4ccccc4)CC(c4ccc5c(c4)oc4ccccc45)=N3)c3ccccc23)c2ccccc2n1-c1ccccc1. The molecule has 1 aliphatic heterocycles. The van der Waals surface area contributed by atoms with Crippen LogP contribution >= 0.6 is 0 Å². The third-order valence-corrected chi connectivity index (χ3v) is 10.1. The van der Waals surface area contributed by atoms with E-state index in [4.69, 9.17) is 14.4 Å². The Morgan fingerprint density at radius 3 is 2.12 bits per heavy atom. The lowest BCUT2D eigenvalue weighted by Gasteiger charge is -2.22. The van der Waals surface area contributed by atoms with Crippen LogP contribution in [-0.4, -0.2) is 20.8 Å². The first-order valence-electron chi connectivity index (χ1n) is 17.3. The van der Waals surface area contributed by atoms with Crippen LogP contribution in [0.1, 0.15) is 29.3 Å². The Hall–Kier alpha value is -6.72. The number of fused-ring (bicyclic) bond motifs is 5. The fraction of sp³-hybridized carbons (Fsp3) is 0.0435. The predicted octanol–water partition coefficient (Wildman–Crippen LogP) is 11.6. The van der Waals surface area contributed by atoms with Gasteiger partial charge in [0.05, 0.1) is 28.5 Å². The number of aromatic nitrogens is 2. The molecule has 0 aliphatic carbocycles. The van der Waals surface area contributed by atoms with E-state index in [0.29, 0.717) is 12.4 Å². The van der Waals surface area contributed by atoms with E-state index in [-0.39, 0.29) is 6.04 Å². The lowest BCUT2D eigenvalue weighted by atomic mass is 9.96. The van der Waals surface area contributed by atoms with Gasteiger partial charge in [-0.25, -0.2) is 9.98 Å². The number of rotatable bonds is 5. The van der Waals surface area contributed by atoms with E-state index in [0.717, 1.165) is 83.1 Å². The number of benzene rings is 6. The van der Waals surface area contributed by atoms with Crippen molar-refractivity contribution in [3.05, 3.63) is 181 Å². The van der Waals surface area contributed by atoms with Gasteiger partial charge < -0.3 is 8.98 Å². The van der Waals surface area contributed by atoms with Gasteiger partial charge in [-0.3, -0.25) is 4.57 Å². The summed E-state index contributed by atoms with van der Waals surface area (Å²) in [6.07, 6.45) is 4.86. The number of para-hydroxylation sites is 4. The van der Waals surface area contributed by atoms with Gasteiger partial charge in [0, 0.05) is 51.0 Å². The molecule has 1 atom stereocenters. The Morgan fingerprint density at radius 2 is 1.31 bits per heavy atom. The van der Waals surface area contributed by atoms with Crippen molar-refractivity contribution < 1.29 is 4.42 Å². The van der Waals surface area contributed by atoms with Crippen LogP contribution in [0.3, 0.4) is 0 Å². The van der Waals surface area contributed by atoms with Crippen molar-refractivity contribution in [2.45, 2.75) is 12.5 Å². The highest BCUT2D eigenvalue weighted by Gasteiger charge is 2.26. The van der Waals surface area contributed by atoms with Gasteiger partial charge in [0.2, 0.25) is 5.96 Å². The van der Waals surface area contributed by atoms with Crippen LogP contribution in [0.15, 0.2) is 179 Å². The van der Waals surface area contributed by atoms with Crippen molar-refractivity contribution in [3.63, 3.8) is 0 Å². The summed E-state index contributed by atoms with van der Waals surface area (Å²) in [6.45, 7) is 4.32. The molecule has 0 amide bonds. The molecule has 0 N–H and O–H groups in total. The average molecular weight is 657 g/mol. The van der Waals surface area contributed by atoms with Gasteiger partial charge in [0.25, 0.3) is 0 Å². The summed E-state index contributed by atoms with van der Waals surface area (Å²) in [5.74, 6) is 0.657. The van der Waals surface area contributed by atoms with E-state index in [1.54, 1.807) is 0 Å². The van der Waals surface area contributed by atoms with E-state index in [1.165, 1.54) is 0 Å². The third kappa shape index (κ3) is 4.70. The van der Waals surface area contributed by atoms with Gasteiger partial charge in [0.15, 0.2) is 0 Å². The van der Waals surface area contributed by atoms with Crippen molar-refractivity contribution in [1.82, 2.24) is 9.13 Å². The summed E-state index contributed by atoms with van der Waals surface area (Å²) in [5.41, 5.74) is 11.5. The number of nitrogens with zero attached hydrogens (tertiary/aromatic N) is 4. The van der Waals surface area contributed by atoms with Crippen LogP contribution in [0.4, 0.5) is 0 Å². The molecule has 5 heteroatoms. The summed E-state index contributed by atoms with van der Waals surface area (Å²) in [5, 5.41) is 4.51. The molecule has 0 saturated carbocycles. The Bertz CT molecular complexity index is 2850. The molecule has 0 spiro atoms. The van der Waals surface area contributed by atoms with Crippen molar-refractivity contribution in [2.24, 2.45) is 9.98 Å². The first kappa shape index (κ1) is 29.2. The fourth-order valence-corrected chi connectivity index (χ4v) is 7.77. The Kier molecular flexibility index (Phi) is 6.71. The maximum Gasteiger partial charge on any atom is 0.230 e. The maximum absolute atomic E-state index is 6.31. The molecule has 6 aromatic carbocycles. The van der Waals surface area contributed by atoms with Crippen molar-refractivity contribution in [2.75, 3.05) is 0 Å². The van der Waals surface area contributed by atoms with Crippen LogP contribution in [-0.2, 0) is 0 Å². The Morgan fingerprint density at radius 1 is 0.647 bits per heavy atom. The van der Waals surface area contributed by atoms with Crippen LogP contribution in [0.25, 0.3) is 66.6 Å². The van der Waals surface area contributed by atoms with Gasteiger partial charge in [0.1, 0.15) is 11.2 Å². The molecule has 0 fully saturated rings. The largest absolute Gasteiger partial charge is 0.456 e. The molecular formula is C46H32N4O. The van der Waals surface area contributed by atoms with E-state index in [2.05, 4.69) is 161 Å². The highest BCUT2D eigenvalue weighted by Crippen LogP contribution is 2.42. The van der Waals surface area contributed by atoms with Crippen molar-refractivity contribution in [1.29, 1.82) is 0 Å². The second kappa shape index (κ2) is 11.7. The molecule has 9 aromatic rings. The zero-order valence-corrected chi connectivity index (χ0v) is 27.8. The highest BCUT2D eigenvalue weighted by molar-refractivity contribution is 6.15. The van der Waals surface area contributed by atoms with Gasteiger partial charge in [-0.2, -0.15) is 0 Å². The second-order valence-electron chi connectivity index (χ2n) is 13.0. The molecule has 51 heavy (non-hydrogen) atoms. The molecule has 10 rings (SSSR count). The second-order valence-corrected chi connectivity index (χ2v) is 13.0. The molecule has 1 aliphatic rings. The summed E-state index contributed by atoms with van der Waals surface area (Å²) < 4.78 is 10.8. The molecule has 1 unspecified atom stereocenters. The summed E-state index contributed by atoms with van der Waals surface area (Å²) in [6, 6.07) is 52.7. The number of hydrogen-bond donors (Lipinski definition) is 0. The molecule has 0 bridgehead atoms. The predicted molar refractivity (Wildman–Crippen MR) is 211 cm³/mol. The molecule has 4 heterocycles. The zero-order chi connectivity index (χ0) is 33.9. The fourth-order valence-electron chi connectivity index (χ4n) is 7.77. The van der Waals surface area contributed by atoms with Gasteiger partial charge >= 0.3 is 0 Å². The first-order valence-corrected chi connectivity index (χ1v) is 17.3. The Labute approximate surface area is 294 Å². The number of aliphatic imine (C=N–C) groups is 2. The molecular weight excluding hydrogens is 625 g/mol. The van der Waals surface area contributed by atoms with Crippen molar-refractivity contribution in [3.8, 4) is 16.8 Å². The topological polar surface area (TPSA) is 47.7 Å². The lowest BCUT2D eigenvalue weighted by Crippen LogP contribution is -2.21. The third-order valence-electron chi connectivity index (χ3n) is 10.1. The van der Waals surface area contributed by atoms with Crippen LogP contribution < -0.4 is 0 Å². The van der Waals surface area contributed by atoms with Gasteiger partial charge in [-0.1, -0.05) is 116 Å². The molecule has 242 valence electrons. The van der Waals surface area contributed by atoms with E-state index < -0.39 is 0 Å². The minimum atomic E-state index is -0.103. The quantitative estimate of drug-likeness (QED) is 0.182. The Balaban J connectivity index is 1.19. The smallest absolute Gasteiger partial charge is 0.230 e. The zero-order valence-electron chi connectivity index (χ0n) is 27.8. The lowest BCUT2D eigenvalue weighted by molar-refractivity contribution is 0.668. The van der Waals surface area contributed by atoms with Crippen LogP contribution in [0.2, 0.25) is 0 Å². The van der Waals surface area contributed by atoms with Crippen LogP contribution in [0, 0.1) is 0 Å². The molecule has 0 saturated heterocycles. The normalized spacial score (nSPS) is 14.7. The number of furan rings is 1. The number of hydrogen-bond acceptors (Lipinski definition) is 3. The summed E-state index contributed by atoms with van der Waals surface area (Å²) >= 11 is 0. The monoisotopic (exact) mass is 656 g/mol.